The van der Waals surface area contributed by atoms with Gasteiger partial charge >= 0.3 is 0 Å². The minimum atomic E-state index is -0.475. The zero-order valence-electron chi connectivity index (χ0n) is 33.6. The normalized spacial score (nSPS) is 14.2. The predicted molar refractivity (Wildman–Crippen MR) is 223 cm³/mol. The number of hydrogen-bond acceptors (Lipinski definition) is 10. The van der Waals surface area contributed by atoms with Crippen LogP contribution in [0, 0.1) is 0 Å². The molecule has 4 heterocycles. The van der Waals surface area contributed by atoms with E-state index in [0.717, 1.165) is 36.2 Å². The van der Waals surface area contributed by atoms with Gasteiger partial charge in [-0.2, -0.15) is 0 Å². The topological polar surface area (TPSA) is 189 Å². The third kappa shape index (κ3) is 8.86. The maximum absolute atomic E-state index is 13.9. The molecule has 2 aliphatic rings. The van der Waals surface area contributed by atoms with Gasteiger partial charge in [0.1, 0.15) is 5.58 Å². The average Bonchev–Trinajstić information content (AvgIpc) is 3.94. The molecule has 2 aromatic heterocycles. The van der Waals surface area contributed by atoms with Crippen molar-refractivity contribution < 1.29 is 37.9 Å². The highest BCUT2D eigenvalue weighted by Crippen LogP contribution is 2.42. The molecule has 2 aliphatic heterocycles. The molecule has 7 rings (SSSR count). The maximum Gasteiger partial charge on any atom is 0.291 e. The summed E-state index contributed by atoms with van der Waals surface area (Å²) in [5.41, 5.74) is 4.30. The summed E-state index contributed by atoms with van der Waals surface area (Å²) in [5, 5.41) is 11.4. The first kappa shape index (κ1) is 40.4. The Morgan fingerprint density at radius 2 is 1.76 bits per heavy atom. The van der Waals surface area contributed by atoms with Crippen LogP contribution in [0.4, 0.5) is 22.9 Å². The van der Waals surface area contributed by atoms with E-state index in [1.54, 1.807) is 41.1 Å². The van der Waals surface area contributed by atoms with Crippen molar-refractivity contribution >= 4 is 63.4 Å². The summed E-state index contributed by atoms with van der Waals surface area (Å²) < 4.78 is 19.2. The Morgan fingerprint density at radius 1 is 0.932 bits per heavy atom. The molecule has 16 heteroatoms. The Bertz CT molecular complexity index is 2400. The van der Waals surface area contributed by atoms with Gasteiger partial charge in [0.05, 0.1) is 31.0 Å². The van der Waals surface area contributed by atoms with Gasteiger partial charge in [-0.3, -0.25) is 24.0 Å². The zero-order valence-corrected chi connectivity index (χ0v) is 33.6. The maximum atomic E-state index is 13.9. The van der Waals surface area contributed by atoms with E-state index < -0.39 is 11.8 Å². The molecule has 1 atom stereocenters. The standard InChI is InChI=1S/C43H48N8O8/c1-5-6-17-50-25-37(48-40(50)42(55)46-28-13-14-33-27(19-28)21-36(59-33)41(54)45-16-15-38(52)44-2)47-39(53)12-9-18-58-35-23-32-30(22-34(35)57-4)43(56)51-29(24-49(32)3)20-26-10-7-8-11-31(26)51/h7-8,10-11,13-14,19,21-23,25,29H,5-6,9,12,15-18,20,24H2,1-4H3,(H,44,52)(H,45,54)(H,46,55)(H,47,53)/t29-/m0/s1. The summed E-state index contributed by atoms with van der Waals surface area (Å²) in [6, 6.07) is 18.1. The van der Waals surface area contributed by atoms with Gasteiger partial charge in [0.15, 0.2) is 23.1 Å². The van der Waals surface area contributed by atoms with Crippen LogP contribution in [0.2, 0.25) is 0 Å². The van der Waals surface area contributed by atoms with Gasteiger partial charge in [-0.15, -0.1) is 0 Å². The largest absolute Gasteiger partial charge is 0.493 e. The second kappa shape index (κ2) is 17.7. The lowest BCUT2D eigenvalue weighted by Crippen LogP contribution is -2.41. The lowest BCUT2D eigenvalue weighted by Gasteiger charge is -2.25. The number of hydrogen-bond donors (Lipinski definition) is 4. The number of benzene rings is 3. The number of ether oxygens (including phenoxy) is 2. The molecule has 0 radical (unpaired) electrons. The molecule has 0 unspecified atom stereocenters. The molecule has 0 saturated carbocycles. The minimum absolute atomic E-state index is 0.0123. The van der Waals surface area contributed by atoms with Crippen molar-refractivity contribution in [1.29, 1.82) is 0 Å². The molecule has 16 nitrogen and oxygen atoms in total. The predicted octanol–water partition coefficient (Wildman–Crippen LogP) is 5.38. The highest BCUT2D eigenvalue weighted by molar-refractivity contribution is 6.12. The third-order valence-corrected chi connectivity index (χ3v) is 10.4. The molecule has 5 amide bonds. The fourth-order valence-electron chi connectivity index (χ4n) is 7.43. The van der Waals surface area contributed by atoms with Crippen LogP contribution in [0.5, 0.6) is 11.5 Å². The number of nitrogens with zero attached hydrogens (tertiary/aromatic N) is 4. The van der Waals surface area contributed by atoms with Gasteiger partial charge in [0.2, 0.25) is 17.6 Å². The van der Waals surface area contributed by atoms with E-state index in [9.17, 15) is 24.0 Å². The molecular weight excluding hydrogens is 757 g/mol. The van der Waals surface area contributed by atoms with E-state index in [-0.39, 0.29) is 67.2 Å². The SMILES string of the molecule is CCCCn1cc(NC(=O)CCCOc2cc3c(cc2OC)C(=O)N2c4ccccc4C[C@H]2CN3C)nc1C(=O)Nc1ccc2oc(C(=O)NCCC(=O)NC)cc2c1. The van der Waals surface area contributed by atoms with Gasteiger partial charge in [-0.05, 0) is 61.2 Å². The Kier molecular flexibility index (Phi) is 12.1. The molecule has 5 aromatic rings. The van der Waals surface area contributed by atoms with Crippen molar-refractivity contribution in [2.24, 2.45) is 0 Å². The summed E-state index contributed by atoms with van der Waals surface area (Å²) in [4.78, 5) is 72.9. The Balaban J connectivity index is 0.952. The molecule has 0 fully saturated rings. The van der Waals surface area contributed by atoms with Crippen LogP contribution in [0.3, 0.4) is 0 Å². The van der Waals surface area contributed by atoms with Crippen molar-refractivity contribution in [3.8, 4) is 11.5 Å². The zero-order chi connectivity index (χ0) is 41.6. The first-order valence-electron chi connectivity index (χ1n) is 19.7. The van der Waals surface area contributed by atoms with E-state index in [1.165, 1.54) is 14.2 Å². The van der Waals surface area contributed by atoms with Crippen LogP contribution in [-0.2, 0) is 22.6 Å². The van der Waals surface area contributed by atoms with Crippen LogP contribution >= 0.6 is 0 Å². The first-order chi connectivity index (χ1) is 28.6. The second-order valence-corrected chi connectivity index (χ2v) is 14.6. The number of rotatable bonds is 16. The number of fused-ring (bicyclic) bond motifs is 5. The Labute approximate surface area is 341 Å². The Morgan fingerprint density at radius 3 is 2.56 bits per heavy atom. The van der Waals surface area contributed by atoms with Crippen LogP contribution in [0.1, 0.15) is 76.1 Å². The van der Waals surface area contributed by atoms with E-state index in [4.69, 9.17) is 13.9 Å². The molecule has 0 aliphatic carbocycles. The summed E-state index contributed by atoms with van der Waals surface area (Å²) in [7, 11) is 5.03. The summed E-state index contributed by atoms with van der Waals surface area (Å²) in [6.07, 6.45) is 4.76. The number of unbranched alkanes of at least 4 members (excludes halogenated alkanes) is 1. The quantitative estimate of drug-likeness (QED) is 0.0944. The number of carbonyl (C=O) groups is 5. The van der Waals surface area contributed by atoms with E-state index in [2.05, 4.69) is 37.2 Å². The van der Waals surface area contributed by atoms with Crippen LogP contribution in [-0.4, -0.2) is 86.0 Å². The number of para-hydroxylation sites is 1. The number of aryl methyl sites for hydroxylation is 1. The van der Waals surface area contributed by atoms with Crippen molar-refractivity contribution in [2.75, 3.05) is 61.3 Å². The van der Waals surface area contributed by atoms with Crippen LogP contribution in [0.25, 0.3) is 11.0 Å². The van der Waals surface area contributed by atoms with Crippen molar-refractivity contribution in [3.63, 3.8) is 0 Å². The number of carbonyl (C=O) groups excluding carboxylic acids is 5. The van der Waals surface area contributed by atoms with Gasteiger partial charge in [0.25, 0.3) is 17.7 Å². The summed E-state index contributed by atoms with van der Waals surface area (Å²) >= 11 is 0. The molecule has 0 saturated heterocycles. The first-order valence-corrected chi connectivity index (χ1v) is 19.7. The molecule has 0 bridgehead atoms. The summed E-state index contributed by atoms with van der Waals surface area (Å²) in [6.45, 7) is 3.59. The smallest absolute Gasteiger partial charge is 0.291 e. The minimum Gasteiger partial charge on any atom is -0.493 e. The number of aromatic nitrogens is 2. The summed E-state index contributed by atoms with van der Waals surface area (Å²) in [5.74, 6) is -0.137. The van der Waals surface area contributed by atoms with Crippen molar-refractivity contribution in [2.45, 2.75) is 58.0 Å². The third-order valence-electron chi connectivity index (χ3n) is 10.4. The number of methoxy groups -OCH3 is 1. The fraction of sp³-hybridized carbons (Fsp3) is 0.349. The highest BCUT2D eigenvalue weighted by atomic mass is 16.5. The number of imidazole rings is 1. The van der Waals surface area contributed by atoms with E-state index in [0.29, 0.717) is 53.2 Å². The monoisotopic (exact) mass is 804 g/mol. The average molecular weight is 805 g/mol. The van der Waals surface area contributed by atoms with Crippen molar-refractivity contribution in [3.05, 3.63) is 89.6 Å². The molecule has 59 heavy (non-hydrogen) atoms. The number of likely N-dealkylation sites (N-methyl/N-ethyl adjacent to an activating group) is 1. The van der Waals surface area contributed by atoms with Gasteiger partial charge in [-0.25, -0.2) is 4.98 Å². The number of nitrogens with one attached hydrogen (secondary N) is 4. The van der Waals surface area contributed by atoms with E-state index >= 15 is 0 Å². The number of anilines is 4. The number of furan rings is 1. The highest BCUT2D eigenvalue weighted by Gasteiger charge is 2.39. The fourth-order valence-corrected chi connectivity index (χ4v) is 7.43. The lowest BCUT2D eigenvalue weighted by molar-refractivity contribution is -0.120. The number of amides is 5. The molecule has 3 aromatic carbocycles. The van der Waals surface area contributed by atoms with Gasteiger partial charge in [-0.1, -0.05) is 31.5 Å². The van der Waals surface area contributed by atoms with Crippen LogP contribution in [0.15, 0.2) is 71.3 Å². The molecule has 308 valence electrons. The van der Waals surface area contributed by atoms with Crippen LogP contribution < -0.4 is 40.5 Å². The van der Waals surface area contributed by atoms with Crippen molar-refractivity contribution in [1.82, 2.24) is 20.2 Å². The van der Waals surface area contributed by atoms with E-state index in [1.807, 2.05) is 43.1 Å². The van der Waals surface area contributed by atoms with Gasteiger partial charge < -0.3 is 49.5 Å². The molecule has 0 spiro atoms. The lowest BCUT2D eigenvalue weighted by atomic mass is 10.1. The molecular formula is C43H48N8O8. The second-order valence-electron chi connectivity index (χ2n) is 14.6. The molecule has 4 N–H and O–H groups in total. The Hall–Kier alpha value is -6.84. The van der Waals surface area contributed by atoms with Gasteiger partial charge in [0, 0.05) is 75.6 Å².